The van der Waals surface area contributed by atoms with E-state index in [4.69, 9.17) is 14.9 Å². The SMILES string of the molecule is CCN1CCCC(c2cc(OC)c3oc(N)nc3n2)C1. The molecular weight excluding hydrogens is 256 g/mol. The number of piperidine rings is 1. The van der Waals surface area contributed by atoms with E-state index in [1.807, 2.05) is 6.07 Å². The summed E-state index contributed by atoms with van der Waals surface area (Å²) in [4.78, 5) is 11.2. The molecule has 0 radical (unpaired) electrons. The molecule has 0 spiro atoms. The van der Waals surface area contributed by atoms with E-state index in [9.17, 15) is 0 Å². The predicted molar refractivity (Wildman–Crippen MR) is 76.9 cm³/mol. The smallest absolute Gasteiger partial charge is 0.294 e. The van der Waals surface area contributed by atoms with Crippen LogP contribution in [0.2, 0.25) is 0 Å². The Labute approximate surface area is 117 Å². The van der Waals surface area contributed by atoms with Crippen molar-refractivity contribution in [3.8, 4) is 5.75 Å². The first-order valence-corrected chi connectivity index (χ1v) is 7.04. The Balaban J connectivity index is 1.98. The van der Waals surface area contributed by atoms with Gasteiger partial charge < -0.3 is 19.8 Å². The Morgan fingerprint density at radius 3 is 3.10 bits per heavy atom. The maximum Gasteiger partial charge on any atom is 0.294 e. The lowest BCUT2D eigenvalue weighted by Crippen LogP contribution is -2.34. The summed E-state index contributed by atoms with van der Waals surface area (Å²) in [6, 6.07) is 2.08. The summed E-state index contributed by atoms with van der Waals surface area (Å²) in [5, 5.41) is 0. The van der Waals surface area contributed by atoms with Crippen LogP contribution in [-0.4, -0.2) is 41.6 Å². The molecule has 0 saturated carbocycles. The van der Waals surface area contributed by atoms with Gasteiger partial charge in [-0.3, -0.25) is 0 Å². The highest BCUT2D eigenvalue weighted by Crippen LogP contribution is 2.32. The van der Waals surface area contributed by atoms with Crippen molar-refractivity contribution in [3.05, 3.63) is 11.8 Å². The second-order valence-electron chi connectivity index (χ2n) is 5.19. The number of ether oxygens (including phenoxy) is 1. The standard InChI is InChI=1S/C14H20N4O2/c1-3-18-6-4-5-9(8-18)10-7-11(19-2)12-13(16-10)17-14(15)20-12/h7,9H,3-6,8H2,1-2H3,(H2,15,16,17). The Morgan fingerprint density at radius 2 is 2.35 bits per heavy atom. The van der Waals surface area contributed by atoms with Gasteiger partial charge >= 0.3 is 0 Å². The number of nitrogens with two attached hydrogens (primary N) is 1. The average Bonchev–Trinajstić information content (AvgIpc) is 2.86. The second kappa shape index (κ2) is 5.28. The normalized spacial score (nSPS) is 20.4. The Kier molecular flexibility index (Phi) is 3.48. The number of likely N-dealkylation sites (N-methyl/N-ethyl adjacent to an activating group) is 1. The van der Waals surface area contributed by atoms with E-state index in [1.54, 1.807) is 7.11 Å². The number of anilines is 1. The summed E-state index contributed by atoms with van der Waals surface area (Å²) >= 11 is 0. The summed E-state index contributed by atoms with van der Waals surface area (Å²) in [6.07, 6.45) is 2.34. The third-order valence-electron chi connectivity index (χ3n) is 3.95. The number of pyridine rings is 1. The van der Waals surface area contributed by atoms with E-state index in [2.05, 4.69) is 21.8 Å². The van der Waals surface area contributed by atoms with Gasteiger partial charge in [-0.15, -0.1) is 0 Å². The molecule has 1 saturated heterocycles. The molecular formula is C14H20N4O2. The number of aromatic nitrogens is 2. The number of fused-ring (bicyclic) bond motifs is 1. The van der Waals surface area contributed by atoms with Gasteiger partial charge in [-0.05, 0) is 25.9 Å². The minimum atomic E-state index is 0.127. The van der Waals surface area contributed by atoms with Gasteiger partial charge in [0.15, 0.2) is 5.75 Å². The summed E-state index contributed by atoms with van der Waals surface area (Å²) < 4.78 is 10.7. The number of hydrogen-bond acceptors (Lipinski definition) is 6. The van der Waals surface area contributed by atoms with Gasteiger partial charge in [0.25, 0.3) is 6.01 Å². The van der Waals surface area contributed by atoms with Crippen molar-refractivity contribution in [2.24, 2.45) is 0 Å². The molecule has 20 heavy (non-hydrogen) atoms. The zero-order valence-corrected chi connectivity index (χ0v) is 11.9. The molecule has 6 heteroatoms. The summed E-state index contributed by atoms with van der Waals surface area (Å²) in [5.41, 5.74) is 7.68. The van der Waals surface area contributed by atoms with Gasteiger partial charge in [0, 0.05) is 18.5 Å². The molecule has 1 atom stereocenters. The molecule has 3 heterocycles. The van der Waals surface area contributed by atoms with Crippen LogP contribution in [0.25, 0.3) is 11.2 Å². The third kappa shape index (κ3) is 2.31. The lowest BCUT2D eigenvalue weighted by atomic mass is 9.94. The molecule has 1 fully saturated rings. The van der Waals surface area contributed by atoms with Gasteiger partial charge in [-0.1, -0.05) is 6.92 Å². The van der Waals surface area contributed by atoms with E-state index in [0.717, 1.165) is 25.2 Å². The van der Waals surface area contributed by atoms with E-state index in [-0.39, 0.29) is 6.01 Å². The van der Waals surface area contributed by atoms with Crippen LogP contribution in [-0.2, 0) is 0 Å². The van der Waals surface area contributed by atoms with E-state index in [0.29, 0.717) is 22.9 Å². The van der Waals surface area contributed by atoms with Crippen LogP contribution in [0.5, 0.6) is 5.75 Å². The summed E-state index contributed by atoms with van der Waals surface area (Å²) in [6.45, 7) is 5.47. The zero-order chi connectivity index (χ0) is 14.1. The quantitative estimate of drug-likeness (QED) is 0.924. The third-order valence-corrected chi connectivity index (χ3v) is 3.95. The van der Waals surface area contributed by atoms with Crippen molar-refractivity contribution < 1.29 is 9.15 Å². The number of hydrogen-bond donors (Lipinski definition) is 1. The number of nitrogen functional groups attached to an aromatic ring is 1. The highest BCUT2D eigenvalue weighted by molar-refractivity contribution is 5.77. The summed E-state index contributed by atoms with van der Waals surface area (Å²) in [7, 11) is 1.62. The number of likely N-dealkylation sites (tertiary alicyclic amines) is 1. The van der Waals surface area contributed by atoms with Crippen molar-refractivity contribution in [1.29, 1.82) is 0 Å². The molecule has 0 amide bonds. The number of oxazole rings is 1. The summed E-state index contributed by atoms with van der Waals surface area (Å²) in [5.74, 6) is 1.07. The molecule has 6 nitrogen and oxygen atoms in total. The van der Waals surface area contributed by atoms with Gasteiger partial charge in [-0.2, -0.15) is 4.98 Å². The van der Waals surface area contributed by atoms with Crippen LogP contribution < -0.4 is 10.5 Å². The lowest BCUT2D eigenvalue weighted by Gasteiger charge is -2.31. The van der Waals surface area contributed by atoms with E-state index >= 15 is 0 Å². The highest BCUT2D eigenvalue weighted by Gasteiger charge is 2.24. The van der Waals surface area contributed by atoms with E-state index < -0.39 is 0 Å². The number of methoxy groups -OCH3 is 1. The molecule has 2 aromatic heterocycles. The topological polar surface area (TPSA) is 77.4 Å². The first-order valence-electron chi connectivity index (χ1n) is 7.04. The second-order valence-corrected chi connectivity index (χ2v) is 5.19. The fourth-order valence-electron chi connectivity index (χ4n) is 2.86. The molecule has 0 aliphatic carbocycles. The predicted octanol–water partition coefficient (Wildman–Crippen LogP) is 2.01. The number of rotatable bonds is 3. The van der Waals surface area contributed by atoms with Gasteiger partial charge in [0.05, 0.1) is 12.8 Å². The van der Waals surface area contributed by atoms with Gasteiger partial charge in [-0.25, -0.2) is 4.98 Å². The van der Waals surface area contributed by atoms with Crippen LogP contribution in [0.4, 0.5) is 6.01 Å². The monoisotopic (exact) mass is 276 g/mol. The fourth-order valence-corrected chi connectivity index (χ4v) is 2.86. The maximum absolute atomic E-state index is 5.60. The first-order chi connectivity index (χ1) is 9.71. The van der Waals surface area contributed by atoms with Crippen LogP contribution in [0, 0.1) is 0 Å². The fraction of sp³-hybridized carbons (Fsp3) is 0.571. The minimum absolute atomic E-state index is 0.127. The highest BCUT2D eigenvalue weighted by atomic mass is 16.5. The van der Waals surface area contributed by atoms with Crippen molar-refractivity contribution >= 4 is 17.2 Å². The van der Waals surface area contributed by atoms with Crippen molar-refractivity contribution in [3.63, 3.8) is 0 Å². The first kappa shape index (κ1) is 13.2. The maximum atomic E-state index is 5.60. The molecule has 108 valence electrons. The molecule has 3 rings (SSSR count). The molecule has 1 aliphatic heterocycles. The zero-order valence-electron chi connectivity index (χ0n) is 11.9. The van der Waals surface area contributed by atoms with Crippen LogP contribution in [0.1, 0.15) is 31.4 Å². The molecule has 2 N–H and O–H groups in total. The molecule has 0 aromatic carbocycles. The average molecular weight is 276 g/mol. The minimum Gasteiger partial charge on any atom is -0.493 e. The largest absolute Gasteiger partial charge is 0.493 e. The van der Waals surface area contributed by atoms with Crippen molar-refractivity contribution in [1.82, 2.24) is 14.9 Å². The van der Waals surface area contributed by atoms with Crippen molar-refractivity contribution in [2.45, 2.75) is 25.7 Å². The Bertz CT molecular complexity index is 610. The molecule has 1 unspecified atom stereocenters. The van der Waals surface area contributed by atoms with Crippen LogP contribution >= 0.6 is 0 Å². The van der Waals surface area contributed by atoms with Crippen LogP contribution in [0.3, 0.4) is 0 Å². The van der Waals surface area contributed by atoms with Crippen LogP contribution in [0.15, 0.2) is 10.5 Å². The van der Waals surface area contributed by atoms with E-state index in [1.165, 1.54) is 13.0 Å². The number of nitrogens with zero attached hydrogens (tertiary/aromatic N) is 3. The van der Waals surface area contributed by atoms with Crippen molar-refractivity contribution in [2.75, 3.05) is 32.5 Å². The van der Waals surface area contributed by atoms with Gasteiger partial charge in [0.2, 0.25) is 11.2 Å². The Morgan fingerprint density at radius 1 is 1.50 bits per heavy atom. The molecule has 1 aliphatic rings. The molecule has 2 aromatic rings. The van der Waals surface area contributed by atoms with Gasteiger partial charge in [0.1, 0.15) is 0 Å². The Hall–Kier alpha value is -1.82. The lowest BCUT2D eigenvalue weighted by molar-refractivity contribution is 0.216. The molecule has 0 bridgehead atoms.